The fraction of sp³-hybridized carbons (Fsp3) is 0.375. The quantitative estimate of drug-likeness (QED) is 0.876. The third-order valence-corrected chi connectivity index (χ3v) is 3.03. The van der Waals surface area contributed by atoms with Crippen LogP contribution >= 0.6 is 0 Å². The summed E-state index contributed by atoms with van der Waals surface area (Å²) in [6.07, 6.45) is 2.59. The summed E-state index contributed by atoms with van der Waals surface area (Å²) in [5, 5.41) is 3.29. The Bertz CT molecular complexity index is 569. The molecule has 0 unspecified atom stereocenters. The van der Waals surface area contributed by atoms with Gasteiger partial charge in [-0.25, -0.2) is 4.98 Å². The van der Waals surface area contributed by atoms with Crippen molar-refractivity contribution < 1.29 is 4.74 Å². The molecular formula is C16H21N3O. The van der Waals surface area contributed by atoms with Gasteiger partial charge in [0.1, 0.15) is 0 Å². The van der Waals surface area contributed by atoms with Gasteiger partial charge < -0.3 is 10.1 Å². The second-order valence-corrected chi connectivity index (χ2v) is 4.60. The molecule has 2 heterocycles. The zero-order valence-corrected chi connectivity index (χ0v) is 12.3. The van der Waals surface area contributed by atoms with E-state index in [9.17, 15) is 0 Å². The SMILES string of the molecule is CCNCc1cccnc1Oc1ccc(C)nc1CC. The van der Waals surface area contributed by atoms with E-state index in [-0.39, 0.29) is 0 Å². The number of ether oxygens (including phenoxy) is 1. The summed E-state index contributed by atoms with van der Waals surface area (Å²) < 4.78 is 5.97. The van der Waals surface area contributed by atoms with Crippen molar-refractivity contribution in [3.8, 4) is 11.6 Å². The second kappa shape index (κ2) is 7.01. The molecular weight excluding hydrogens is 250 g/mol. The molecule has 1 N–H and O–H groups in total. The predicted molar refractivity (Wildman–Crippen MR) is 80.0 cm³/mol. The lowest BCUT2D eigenvalue weighted by Crippen LogP contribution is -2.13. The Morgan fingerprint density at radius 2 is 2.05 bits per heavy atom. The van der Waals surface area contributed by atoms with Gasteiger partial charge in [0, 0.05) is 24.0 Å². The average molecular weight is 271 g/mol. The molecule has 0 saturated heterocycles. The molecule has 20 heavy (non-hydrogen) atoms. The summed E-state index contributed by atoms with van der Waals surface area (Å²) >= 11 is 0. The molecule has 106 valence electrons. The van der Waals surface area contributed by atoms with Crippen LogP contribution in [0.3, 0.4) is 0 Å². The summed E-state index contributed by atoms with van der Waals surface area (Å²) in [6.45, 7) is 7.81. The van der Waals surface area contributed by atoms with Gasteiger partial charge in [-0.3, -0.25) is 4.98 Å². The number of pyridine rings is 2. The summed E-state index contributed by atoms with van der Waals surface area (Å²) in [4.78, 5) is 8.85. The van der Waals surface area contributed by atoms with E-state index < -0.39 is 0 Å². The average Bonchev–Trinajstić information content (AvgIpc) is 2.48. The highest BCUT2D eigenvalue weighted by Crippen LogP contribution is 2.26. The Hall–Kier alpha value is -1.94. The maximum atomic E-state index is 5.97. The molecule has 0 amide bonds. The van der Waals surface area contributed by atoms with Crippen molar-refractivity contribution in [3.05, 3.63) is 47.4 Å². The first kappa shape index (κ1) is 14.5. The number of hydrogen-bond acceptors (Lipinski definition) is 4. The van der Waals surface area contributed by atoms with Crippen LogP contribution in [-0.4, -0.2) is 16.5 Å². The minimum Gasteiger partial charge on any atom is -0.437 e. The molecule has 0 saturated carbocycles. The Balaban J connectivity index is 2.25. The molecule has 0 aliphatic rings. The molecule has 0 radical (unpaired) electrons. The molecule has 0 aromatic carbocycles. The second-order valence-electron chi connectivity index (χ2n) is 4.60. The van der Waals surface area contributed by atoms with Gasteiger partial charge in [0.15, 0.2) is 5.75 Å². The van der Waals surface area contributed by atoms with Crippen LogP contribution < -0.4 is 10.1 Å². The monoisotopic (exact) mass is 271 g/mol. The van der Waals surface area contributed by atoms with E-state index in [1.165, 1.54) is 0 Å². The van der Waals surface area contributed by atoms with Crippen LogP contribution in [0, 0.1) is 6.92 Å². The van der Waals surface area contributed by atoms with Crippen LogP contribution in [0.2, 0.25) is 0 Å². The first-order chi connectivity index (χ1) is 9.74. The van der Waals surface area contributed by atoms with Crippen molar-refractivity contribution in [2.45, 2.75) is 33.7 Å². The minimum atomic E-state index is 0.647. The van der Waals surface area contributed by atoms with Crippen LogP contribution in [0.4, 0.5) is 0 Å². The van der Waals surface area contributed by atoms with Crippen molar-refractivity contribution in [1.29, 1.82) is 0 Å². The first-order valence-corrected chi connectivity index (χ1v) is 7.03. The van der Waals surface area contributed by atoms with Gasteiger partial charge in [-0.1, -0.05) is 19.9 Å². The highest BCUT2D eigenvalue weighted by Gasteiger charge is 2.09. The van der Waals surface area contributed by atoms with Crippen LogP contribution in [0.5, 0.6) is 11.6 Å². The largest absolute Gasteiger partial charge is 0.437 e. The van der Waals surface area contributed by atoms with E-state index in [4.69, 9.17) is 4.74 Å². The van der Waals surface area contributed by atoms with Crippen molar-refractivity contribution in [2.75, 3.05) is 6.54 Å². The summed E-state index contributed by atoms with van der Waals surface area (Å²) in [7, 11) is 0. The van der Waals surface area contributed by atoms with E-state index in [0.717, 1.165) is 42.2 Å². The molecule has 2 rings (SSSR count). The van der Waals surface area contributed by atoms with Gasteiger partial charge in [0.2, 0.25) is 5.88 Å². The molecule has 0 atom stereocenters. The smallest absolute Gasteiger partial charge is 0.223 e. The number of nitrogens with zero attached hydrogens (tertiary/aromatic N) is 2. The van der Waals surface area contributed by atoms with Crippen LogP contribution in [0.25, 0.3) is 0 Å². The number of rotatable bonds is 6. The lowest BCUT2D eigenvalue weighted by molar-refractivity contribution is 0.445. The third-order valence-electron chi connectivity index (χ3n) is 3.03. The molecule has 4 heteroatoms. The maximum Gasteiger partial charge on any atom is 0.223 e. The number of aryl methyl sites for hydroxylation is 2. The van der Waals surface area contributed by atoms with Gasteiger partial charge in [-0.05, 0) is 38.1 Å². The van der Waals surface area contributed by atoms with Crippen LogP contribution in [-0.2, 0) is 13.0 Å². The highest BCUT2D eigenvalue weighted by atomic mass is 16.5. The molecule has 0 aliphatic heterocycles. The van der Waals surface area contributed by atoms with E-state index in [1.54, 1.807) is 6.20 Å². The van der Waals surface area contributed by atoms with Crippen molar-refractivity contribution >= 4 is 0 Å². The van der Waals surface area contributed by atoms with Crippen molar-refractivity contribution in [2.24, 2.45) is 0 Å². The number of hydrogen-bond donors (Lipinski definition) is 1. The normalized spacial score (nSPS) is 10.6. The van der Waals surface area contributed by atoms with Crippen molar-refractivity contribution in [1.82, 2.24) is 15.3 Å². The van der Waals surface area contributed by atoms with Gasteiger partial charge in [0.05, 0.1) is 5.69 Å². The van der Waals surface area contributed by atoms with Gasteiger partial charge in [-0.15, -0.1) is 0 Å². The first-order valence-electron chi connectivity index (χ1n) is 7.03. The molecule has 4 nitrogen and oxygen atoms in total. The van der Waals surface area contributed by atoms with Crippen LogP contribution in [0.1, 0.15) is 30.8 Å². The fourth-order valence-electron chi connectivity index (χ4n) is 1.96. The van der Waals surface area contributed by atoms with Gasteiger partial charge in [0.25, 0.3) is 0 Å². The Kier molecular flexibility index (Phi) is 5.07. The fourth-order valence-corrected chi connectivity index (χ4v) is 1.96. The number of nitrogens with one attached hydrogen (secondary N) is 1. The van der Waals surface area contributed by atoms with E-state index in [0.29, 0.717) is 5.88 Å². The minimum absolute atomic E-state index is 0.647. The molecule has 0 bridgehead atoms. The Morgan fingerprint density at radius 3 is 2.80 bits per heavy atom. The highest BCUT2D eigenvalue weighted by molar-refractivity contribution is 5.35. The predicted octanol–water partition coefficient (Wildman–Crippen LogP) is 3.25. The van der Waals surface area contributed by atoms with E-state index in [1.807, 2.05) is 31.2 Å². The molecule has 2 aromatic heterocycles. The Morgan fingerprint density at radius 1 is 1.20 bits per heavy atom. The lowest BCUT2D eigenvalue weighted by atomic mass is 10.2. The van der Waals surface area contributed by atoms with E-state index >= 15 is 0 Å². The zero-order chi connectivity index (χ0) is 14.4. The third kappa shape index (κ3) is 3.54. The van der Waals surface area contributed by atoms with Crippen LogP contribution in [0.15, 0.2) is 30.5 Å². The topological polar surface area (TPSA) is 47.0 Å². The maximum absolute atomic E-state index is 5.97. The molecule has 2 aromatic rings. The lowest BCUT2D eigenvalue weighted by Gasteiger charge is -2.12. The molecule has 0 spiro atoms. The van der Waals surface area contributed by atoms with E-state index in [2.05, 4.69) is 29.1 Å². The van der Waals surface area contributed by atoms with Gasteiger partial charge in [-0.2, -0.15) is 0 Å². The zero-order valence-electron chi connectivity index (χ0n) is 12.3. The van der Waals surface area contributed by atoms with Crippen molar-refractivity contribution in [3.63, 3.8) is 0 Å². The molecule has 0 fully saturated rings. The Labute approximate surface area is 120 Å². The number of aromatic nitrogens is 2. The van der Waals surface area contributed by atoms with Gasteiger partial charge >= 0.3 is 0 Å². The summed E-state index contributed by atoms with van der Waals surface area (Å²) in [5.74, 6) is 1.43. The standard InChI is InChI=1S/C16H21N3O/c1-4-14-15(9-8-12(3)19-14)20-16-13(11-17-5-2)7-6-10-18-16/h6-10,17H,4-5,11H2,1-3H3. The molecule has 0 aliphatic carbocycles. The summed E-state index contributed by atoms with van der Waals surface area (Å²) in [6, 6.07) is 7.88. The summed E-state index contributed by atoms with van der Waals surface area (Å²) in [5.41, 5.74) is 3.02.